The van der Waals surface area contributed by atoms with Gasteiger partial charge in [-0.2, -0.15) is 10.2 Å². The molecule has 25 heavy (non-hydrogen) atoms. The number of nitro benzene ring substituents is 1. The van der Waals surface area contributed by atoms with Crippen molar-refractivity contribution in [3.05, 3.63) is 70.8 Å². The van der Waals surface area contributed by atoms with E-state index < -0.39 is 16.8 Å². The Kier molecular flexibility index (Phi) is 5.67. The Morgan fingerprint density at radius 2 is 1.48 bits per heavy atom. The number of rotatable bonds is 6. The summed E-state index contributed by atoms with van der Waals surface area (Å²) in [6.45, 7) is 0. The monoisotopic (exact) mass is 340 g/mol. The van der Waals surface area contributed by atoms with E-state index >= 15 is 0 Å². The number of aliphatic carboxylic acids is 1. The second-order valence-corrected chi connectivity index (χ2v) is 4.68. The molecule has 0 spiro atoms. The van der Waals surface area contributed by atoms with Crippen molar-refractivity contribution in [2.75, 3.05) is 5.32 Å². The van der Waals surface area contributed by atoms with Crippen LogP contribution >= 0.6 is 0 Å². The van der Waals surface area contributed by atoms with Gasteiger partial charge in [-0.15, -0.1) is 0 Å². The Hall–Kier alpha value is -3.88. The first-order valence-corrected chi connectivity index (χ1v) is 6.92. The standard InChI is InChI=1S/C16H12N4O5/c21-15(9-10-16(22)23)17-11-1-3-12(4-2-11)18-19-13-5-7-14(8-6-13)20(24)25/h1-10H,(H,17,21)(H,22,23). The predicted octanol–water partition coefficient (Wildman–Crippen LogP) is 3.59. The molecule has 1 amide bonds. The summed E-state index contributed by atoms with van der Waals surface area (Å²) in [5.74, 6) is -1.78. The van der Waals surface area contributed by atoms with Gasteiger partial charge < -0.3 is 10.4 Å². The van der Waals surface area contributed by atoms with Gasteiger partial charge >= 0.3 is 5.97 Å². The molecule has 126 valence electrons. The number of nitrogens with one attached hydrogen (secondary N) is 1. The van der Waals surface area contributed by atoms with Gasteiger partial charge in [0.2, 0.25) is 5.91 Å². The molecule has 2 aromatic rings. The lowest BCUT2D eigenvalue weighted by Crippen LogP contribution is -2.08. The molecule has 0 atom stereocenters. The molecule has 2 aromatic carbocycles. The molecular formula is C16H12N4O5. The number of carboxylic acid groups (broad SMARTS) is 1. The molecule has 0 aromatic heterocycles. The van der Waals surface area contributed by atoms with Gasteiger partial charge in [-0.3, -0.25) is 14.9 Å². The summed E-state index contributed by atoms with van der Waals surface area (Å²) in [5, 5.41) is 29.4. The molecule has 0 aliphatic carbocycles. The maximum atomic E-state index is 11.4. The minimum atomic E-state index is -1.21. The van der Waals surface area contributed by atoms with E-state index in [4.69, 9.17) is 5.11 Å². The van der Waals surface area contributed by atoms with E-state index in [0.717, 1.165) is 12.2 Å². The van der Waals surface area contributed by atoms with Gasteiger partial charge in [-0.1, -0.05) is 0 Å². The van der Waals surface area contributed by atoms with Crippen LogP contribution in [0.1, 0.15) is 0 Å². The molecule has 0 bridgehead atoms. The van der Waals surface area contributed by atoms with Crippen molar-refractivity contribution in [2.45, 2.75) is 0 Å². The van der Waals surface area contributed by atoms with Crippen molar-refractivity contribution in [3.63, 3.8) is 0 Å². The summed E-state index contributed by atoms with van der Waals surface area (Å²) in [7, 11) is 0. The zero-order chi connectivity index (χ0) is 18.2. The average Bonchev–Trinajstić information content (AvgIpc) is 2.60. The summed E-state index contributed by atoms with van der Waals surface area (Å²) < 4.78 is 0. The lowest BCUT2D eigenvalue weighted by Gasteiger charge is -2.01. The molecule has 9 heteroatoms. The number of azo groups is 1. The maximum absolute atomic E-state index is 11.4. The summed E-state index contributed by atoms with van der Waals surface area (Å²) in [6.07, 6.45) is 1.65. The Labute approximate surface area is 141 Å². The number of hydrogen-bond acceptors (Lipinski definition) is 6. The fourth-order valence-electron chi connectivity index (χ4n) is 1.70. The number of hydrogen-bond donors (Lipinski definition) is 2. The van der Waals surface area contributed by atoms with Crippen LogP contribution in [0, 0.1) is 10.1 Å². The topological polar surface area (TPSA) is 134 Å². The van der Waals surface area contributed by atoms with Crippen LogP contribution in [0.2, 0.25) is 0 Å². The van der Waals surface area contributed by atoms with Gasteiger partial charge in [0.25, 0.3) is 5.69 Å². The van der Waals surface area contributed by atoms with Crippen LogP contribution in [0.4, 0.5) is 22.7 Å². The van der Waals surface area contributed by atoms with E-state index in [0.29, 0.717) is 17.1 Å². The lowest BCUT2D eigenvalue weighted by molar-refractivity contribution is -0.384. The number of non-ortho nitro benzene ring substituents is 1. The lowest BCUT2D eigenvalue weighted by atomic mass is 10.3. The first kappa shape index (κ1) is 17.5. The smallest absolute Gasteiger partial charge is 0.328 e. The first-order chi connectivity index (χ1) is 11.9. The number of carbonyl (C=O) groups is 2. The predicted molar refractivity (Wildman–Crippen MR) is 89.1 cm³/mol. The highest BCUT2D eigenvalue weighted by molar-refractivity contribution is 6.02. The molecule has 0 heterocycles. The molecule has 2 rings (SSSR count). The van der Waals surface area contributed by atoms with Crippen molar-refractivity contribution in [1.29, 1.82) is 0 Å². The highest BCUT2D eigenvalue weighted by Gasteiger charge is 2.03. The fraction of sp³-hybridized carbons (Fsp3) is 0. The van der Waals surface area contributed by atoms with Gasteiger partial charge in [0.05, 0.1) is 16.3 Å². The van der Waals surface area contributed by atoms with E-state index in [9.17, 15) is 19.7 Å². The normalized spacial score (nSPS) is 10.9. The zero-order valence-corrected chi connectivity index (χ0v) is 12.7. The number of nitrogens with zero attached hydrogens (tertiary/aromatic N) is 3. The van der Waals surface area contributed by atoms with E-state index in [1.807, 2.05) is 0 Å². The zero-order valence-electron chi connectivity index (χ0n) is 12.7. The maximum Gasteiger partial charge on any atom is 0.328 e. The summed E-state index contributed by atoms with van der Waals surface area (Å²) >= 11 is 0. The average molecular weight is 340 g/mol. The molecule has 0 saturated heterocycles. The quantitative estimate of drug-likeness (QED) is 0.358. The van der Waals surface area contributed by atoms with Crippen LogP contribution < -0.4 is 5.32 Å². The molecule has 0 radical (unpaired) electrons. The van der Waals surface area contributed by atoms with Crippen LogP contribution in [0.25, 0.3) is 0 Å². The van der Waals surface area contributed by atoms with Gasteiger partial charge in [-0.05, 0) is 36.4 Å². The van der Waals surface area contributed by atoms with Crippen LogP contribution in [0.5, 0.6) is 0 Å². The number of benzene rings is 2. The molecule has 0 saturated carbocycles. The summed E-state index contributed by atoms with van der Waals surface area (Å²) in [6, 6.07) is 12.0. The number of amides is 1. The third-order valence-corrected chi connectivity index (χ3v) is 2.85. The largest absolute Gasteiger partial charge is 0.478 e. The number of carboxylic acids is 1. The molecular weight excluding hydrogens is 328 g/mol. The van der Waals surface area contributed by atoms with Crippen molar-refractivity contribution < 1.29 is 19.6 Å². The van der Waals surface area contributed by atoms with Crippen molar-refractivity contribution in [3.8, 4) is 0 Å². The third kappa shape index (κ3) is 5.67. The number of anilines is 1. The number of nitro groups is 1. The fourth-order valence-corrected chi connectivity index (χ4v) is 1.70. The van der Waals surface area contributed by atoms with Crippen LogP contribution in [0.15, 0.2) is 70.9 Å². The van der Waals surface area contributed by atoms with Crippen LogP contribution in [-0.4, -0.2) is 21.9 Å². The second kappa shape index (κ2) is 8.11. The molecule has 2 N–H and O–H groups in total. The Balaban J connectivity index is 1.98. The van der Waals surface area contributed by atoms with Gasteiger partial charge in [-0.25, -0.2) is 4.79 Å². The van der Waals surface area contributed by atoms with E-state index in [1.165, 1.54) is 24.3 Å². The van der Waals surface area contributed by atoms with Crippen LogP contribution in [0.3, 0.4) is 0 Å². The summed E-state index contributed by atoms with van der Waals surface area (Å²) in [4.78, 5) is 31.8. The minimum absolute atomic E-state index is 0.0315. The van der Waals surface area contributed by atoms with Gasteiger partial charge in [0.1, 0.15) is 0 Å². The van der Waals surface area contributed by atoms with E-state index in [2.05, 4.69) is 15.5 Å². The third-order valence-electron chi connectivity index (χ3n) is 2.85. The molecule has 0 unspecified atom stereocenters. The SMILES string of the molecule is O=C(O)C=CC(=O)Nc1ccc(N=Nc2ccc([N+](=O)[O-])cc2)cc1. The van der Waals surface area contributed by atoms with E-state index in [-0.39, 0.29) is 5.69 Å². The summed E-state index contributed by atoms with van der Waals surface area (Å²) in [5.41, 5.74) is 1.41. The van der Waals surface area contributed by atoms with Gasteiger partial charge in [0, 0.05) is 30.0 Å². The first-order valence-electron chi connectivity index (χ1n) is 6.92. The Morgan fingerprint density at radius 3 is 1.96 bits per heavy atom. The van der Waals surface area contributed by atoms with Crippen molar-refractivity contribution in [1.82, 2.24) is 0 Å². The van der Waals surface area contributed by atoms with E-state index in [1.54, 1.807) is 24.3 Å². The van der Waals surface area contributed by atoms with Crippen molar-refractivity contribution in [2.24, 2.45) is 10.2 Å². The molecule has 0 fully saturated rings. The second-order valence-electron chi connectivity index (χ2n) is 4.68. The molecule has 9 nitrogen and oxygen atoms in total. The number of carbonyl (C=O) groups excluding carboxylic acids is 1. The Morgan fingerprint density at radius 1 is 0.960 bits per heavy atom. The minimum Gasteiger partial charge on any atom is -0.478 e. The van der Waals surface area contributed by atoms with Crippen molar-refractivity contribution >= 4 is 34.6 Å². The van der Waals surface area contributed by atoms with Gasteiger partial charge in [0.15, 0.2) is 0 Å². The highest BCUT2D eigenvalue weighted by Crippen LogP contribution is 2.22. The molecule has 0 aliphatic rings. The Bertz CT molecular complexity index is 842. The highest BCUT2D eigenvalue weighted by atomic mass is 16.6. The molecule has 0 aliphatic heterocycles. The van der Waals surface area contributed by atoms with Crippen LogP contribution in [-0.2, 0) is 9.59 Å².